The molecule has 6 unspecified atom stereocenters. The predicted octanol–water partition coefficient (Wildman–Crippen LogP) is 7.04. The van der Waals surface area contributed by atoms with Crippen molar-refractivity contribution in [2.45, 2.75) is 97.8 Å². The van der Waals surface area contributed by atoms with Gasteiger partial charge in [-0.2, -0.15) is 0 Å². The molecule has 3 rings (SSSR count). The van der Waals surface area contributed by atoms with E-state index in [1.54, 1.807) is 0 Å². The average Bonchev–Trinajstić information content (AvgIpc) is 2.53. The molecule has 0 aromatic rings. The maximum absolute atomic E-state index is 2.57. The summed E-state index contributed by atoms with van der Waals surface area (Å²) in [5.74, 6) is 7.93. The Hall–Kier alpha value is 0. The van der Waals surface area contributed by atoms with Crippen molar-refractivity contribution in [3.63, 3.8) is 0 Å². The summed E-state index contributed by atoms with van der Waals surface area (Å²) in [4.78, 5) is 0. The van der Waals surface area contributed by atoms with Gasteiger partial charge in [0.15, 0.2) is 0 Å². The van der Waals surface area contributed by atoms with Gasteiger partial charge in [0.05, 0.1) is 0 Å². The second kappa shape index (κ2) is 7.71. The molecule has 0 aromatic carbocycles. The monoisotopic (exact) mass is 303 g/mol. The van der Waals surface area contributed by atoms with Gasteiger partial charge in [0.1, 0.15) is 0 Å². The van der Waals surface area contributed by atoms with Crippen molar-refractivity contribution < 1.29 is 0 Å². The lowest BCUT2D eigenvalue weighted by atomic mass is 9.56. The van der Waals surface area contributed by atoms with E-state index in [1.807, 2.05) is 0 Å². The third-order valence-corrected chi connectivity index (χ3v) is 7.62. The molecule has 0 bridgehead atoms. The van der Waals surface area contributed by atoms with E-state index in [0.29, 0.717) is 0 Å². The van der Waals surface area contributed by atoms with Gasteiger partial charge in [-0.05, 0) is 60.7 Å². The van der Waals surface area contributed by atoms with Crippen LogP contribution in [0.1, 0.15) is 97.8 Å². The molecule has 0 saturated heterocycles. The summed E-state index contributed by atoms with van der Waals surface area (Å²) in [6.07, 6.45) is 18.0. The zero-order chi connectivity index (χ0) is 15.5. The van der Waals surface area contributed by atoms with Gasteiger partial charge in [0.25, 0.3) is 0 Å². The third-order valence-electron chi connectivity index (χ3n) is 7.62. The van der Waals surface area contributed by atoms with Gasteiger partial charge in [-0.15, -0.1) is 0 Å². The summed E-state index contributed by atoms with van der Waals surface area (Å²) in [5, 5.41) is 0. The largest absolute Gasteiger partial charge is 0.0622 e. The molecular weight excluding hydrogens is 264 g/mol. The van der Waals surface area contributed by atoms with E-state index in [2.05, 4.69) is 26.7 Å². The van der Waals surface area contributed by atoms with Crippen LogP contribution in [0.2, 0.25) is 0 Å². The summed E-state index contributed by atoms with van der Waals surface area (Å²) in [6, 6.07) is 0. The molecule has 3 saturated carbocycles. The van der Waals surface area contributed by atoms with E-state index >= 15 is 0 Å². The molecule has 127 valence electrons. The quantitative estimate of drug-likeness (QED) is 0.524. The Morgan fingerprint density at radius 3 is 1.00 bits per heavy atom. The summed E-state index contributed by atoms with van der Waals surface area (Å²) in [5.41, 5.74) is 0. The highest BCUT2D eigenvalue weighted by Gasteiger charge is 2.43. The van der Waals surface area contributed by atoms with Crippen molar-refractivity contribution in [1.29, 1.82) is 0 Å². The Balaban J connectivity index is 1.83. The van der Waals surface area contributed by atoms with Crippen LogP contribution in [0.25, 0.3) is 0 Å². The Morgan fingerprint density at radius 2 is 0.727 bits per heavy atom. The Kier molecular flexibility index (Phi) is 5.91. The maximum atomic E-state index is 2.57. The molecule has 0 heteroatoms. The third kappa shape index (κ3) is 3.57. The molecule has 0 amide bonds. The number of rotatable bonds is 3. The summed E-state index contributed by atoms with van der Waals surface area (Å²) in [6.45, 7) is 7.72. The zero-order valence-corrected chi connectivity index (χ0v) is 15.4. The highest BCUT2D eigenvalue weighted by Crippen LogP contribution is 2.53. The Labute approximate surface area is 139 Å². The fourth-order valence-corrected chi connectivity index (χ4v) is 6.26. The van der Waals surface area contributed by atoms with Crippen LogP contribution in [0.5, 0.6) is 0 Å². The minimum atomic E-state index is 0.965. The van der Waals surface area contributed by atoms with Crippen molar-refractivity contribution in [2.24, 2.45) is 35.5 Å². The van der Waals surface area contributed by atoms with E-state index in [9.17, 15) is 0 Å². The van der Waals surface area contributed by atoms with Crippen LogP contribution >= 0.6 is 0 Å². The Morgan fingerprint density at radius 1 is 0.455 bits per heavy atom. The molecule has 3 aliphatic rings. The maximum Gasteiger partial charge on any atom is -0.0140 e. The molecule has 1 radical (unpaired) electrons. The molecule has 3 fully saturated rings. The molecular formula is C22H39. The van der Waals surface area contributed by atoms with Crippen molar-refractivity contribution in [2.75, 3.05) is 0 Å². The molecule has 0 spiro atoms. The van der Waals surface area contributed by atoms with Gasteiger partial charge in [-0.1, -0.05) is 78.6 Å². The second-order valence-electron chi connectivity index (χ2n) is 9.10. The van der Waals surface area contributed by atoms with E-state index in [4.69, 9.17) is 0 Å². The van der Waals surface area contributed by atoms with Gasteiger partial charge in [-0.3, -0.25) is 0 Å². The van der Waals surface area contributed by atoms with Crippen molar-refractivity contribution in [3.8, 4) is 0 Å². The van der Waals surface area contributed by atoms with Crippen LogP contribution < -0.4 is 0 Å². The first-order valence-electron chi connectivity index (χ1n) is 10.5. The molecule has 0 aromatic heterocycles. The molecule has 0 aliphatic heterocycles. The highest BCUT2D eigenvalue weighted by atomic mass is 14.5. The number of hydrogen-bond acceptors (Lipinski definition) is 0. The summed E-state index contributed by atoms with van der Waals surface area (Å²) >= 11 is 0. The molecule has 0 heterocycles. The van der Waals surface area contributed by atoms with Crippen LogP contribution in [-0.2, 0) is 0 Å². The first-order chi connectivity index (χ1) is 10.7. The minimum Gasteiger partial charge on any atom is -0.0622 e. The lowest BCUT2D eigenvalue weighted by molar-refractivity contribution is 0.114. The first-order valence-corrected chi connectivity index (χ1v) is 10.5. The van der Waals surface area contributed by atoms with E-state index < -0.39 is 0 Å². The van der Waals surface area contributed by atoms with E-state index in [1.165, 1.54) is 77.0 Å². The second-order valence-corrected chi connectivity index (χ2v) is 9.10. The first kappa shape index (κ1) is 16.8. The van der Waals surface area contributed by atoms with E-state index in [-0.39, 0.29) is 0 Å². The van der Waals surface area contributed by atoms with Crippen molar-refractivity contribution in [1.82, 2.24) is 0 Å². The van der Waals surface area contributed by atoms with Gasteiger partial charge < -0.3 is 0 Å². The number of hydrogen-bond donors (Lipinski definition) is 0. The lowest BCUT2D eigenvalue weighted by Gasteiger charge is -2.49. The minimum absolute atomic E-state index is 0.965. The standard InChI is InChI=1S/C22H39/c1-16-10-4-7-13-19(16)22(20-14-8-5-11-17(20)2)21-15-9-6-12-18(21)3/h16-21H,4-15H2,1-3H3. The summed E-state index contributed by atoms with van der Waals surface area (Å²) in [7, 11) is 0. The van der Waals surface area contributed by atoms with Crippen LogP contribution in [0.3, 0.4) is 0 Å². The fourth-order valence-electron chi connectivity index (χ4n) is 6.26. The molecule has 6 atom stereocenters. The van der Waals surface area contributed by atoms with Crippen LogP contribution in [0, 0.1) is 41.4 Å². The molecule has 0 N–H and O–H groups in total. The molecule has 0 nitrogen and oxygen atoms in total. The van der Waals surface area contributed by atoms with Crippen LogP contribution in [0.15, 0.2) is 0 Å². The molecule has 3 aliphatic carbocycles. The van der Waals surface area contributed by atoms with Crippen LogP contribution in [-0.4, -0.2) is 0 Å². The van der Waals surface area contributed by atoms with E-state index in [0.717, 1.165) is 35.5 Å². The topological polar surface area (TPSA) is 0 Å². The highest BCUT2D eigenvalue weighted by molar-refractivity contribution is 5.12. The predicted molar refractivity (Wildman–Crippen MR) is 96.6 cm³/mol. The van der Waals surface area contributed by atoms with Gasteiger partial charge >= 0.3 is 0 Å². The smallest absolute Gasteiger partial charge is 0.0140 e. The lowest BCUT2D eigenvalue weighted by Crippen LogP contribution is -2.40. The van der Waals surface area contributed by atoms with Crippen LogP contribution in [0.4, 0.5) is 0 Å². The normalized spacial score (nSPS) is 44.2. The van der Waals surface area contributed by atoms with Gasteiger partial charge in [0, 0.05) is 0 Å². The molecule has 22 heavy (non-hydrogen) atoms. The van der Waals surface area contributed by atoms with Crippen molar-refractivity contribution in [3.05, 3.63) is 5.92 Å². The average molecular weight is 304 g/mol. The zero-order valence-electron chi connectivity index (χ0n) is 15.4. The summed E-state index contributed by atoms with van der Waals surface area (Å²) < 4.78 is 0. The SMILES string of the molecule is CC1CCCCC1[C](C1CCCCC1C)C1CCCCC1C. The van der Waals surface area contributed by atoms with Gasteiger partial charge in [0.2, 0.25) is 0 Å². The Bertz CT molecular complexity index is 281. The fraction of sp³-hybridized carbons (Fsp3) is 0.955. The van der Waals surface area contributed by atoms with Gasteiger partial charge in [-0.25, -0.2) is 0 Å². The van der Waals surface area contributed by atoms with Crippen molar-refractivity contribution >= 4 is 0 Å².